The van der Waals surface area contributed by atoms with Crippen molar-refractivity contribution < 1.29 is 45.4 Å². The molecule has 0 unspecified atom stereocenters. The molecule has 0 aliphatic rings. The summed E-state index contributed by atoms with van der Waals surface area (Å²) in [5.74, 6) is 0.962. The van der Waals surface area contributed by atoms with E-state index in [-0.39, 0.29) is 49.0 Å². The molecule has 14 rings (SSSR count). The number of aryl methyl sites for hydroxylation is 2. The van der Waals surface area contributed by atoms with E-state index in [1.165, 1.54) is 12.1 Å². The molecule has 0 saturated carbocycles. The normalized spacial score (nSPS) is 13.9. The number of benzene rings is 10. The van der Waals surface area contributed by atoms with Crippen LogP contribution in [-0.2, 0) is 21.1 Å². The Kier molecular flexibility index (Phi) is 8.78. The van der Waals surface area contributed by atoms with Crippen molar-refractivity contribution in [3.05, 3.63) is 266 Å². The van der Waals surface area contributed by atoms with E-state index in [4.69, 9.17) is 20.7 Å². The minimum Gasteiger partial charge on any atom is -0.510 e. The average Bonchev–Trinajstić information content (AvgIpc) is 1.61. The predicted molar refractivity (Wildman–Crippen MR) is 300 cm³/mol. The minimum atomic E-state index is -2.70. The van der Waals surface area contributed by atoms with Gasteiger partial charge in [-0.15, -0.1) is 29.7 Å². The van der Waals surface area contributed by atoms with Gasteiger partial charge in [-0.2, -0.15) is 18.2 Å². The average molecular weight is 1150 g/mol. The van der Waals surface area contributed by atoms with Crippen LogP contribution in [0.5, 0.6) is 11.5 Å². The molecule has 0 fully saturated rings. The second-order valence-electron chi connectivity index (χ2n) is 17.9. The van der Waals surface area contributed by atoms with E-state index >= 15 is 0 Å². The van der Waals surface area contributed by atoms with Crippen LogP contribution in [0.4, 0.5) is 0 Å². The van der Waals surface area contributed by atoms with Gasteiger partial charge in [0.25, 0.3) is 6.33 Å². The molecule has 14 aromatic rings. The van der Waals surface area contributed by atoms with Crippen molar-refractivity contribution in [3.63, 3.8) is 0 Å². The summed E-state index contributed by atoms with van der Waals surface area (Å²) in [6.45, 7) is -5.32. The van der Waals surface area contributed by atoms with Crippen molar-refractivity contribution in [1.29, 1.82) is 0 Å². The van der Waals surface area contributed by atoms with Crippen LogP contribution in [-0.4, -0.2) is 18.7 Å². The maximum absolute atomic E-state index is 9.25. The molecule has 360 valence electrons. The SMILES string of the molecule is [2H]c1c([2H])c([2H])c(-c2cccc(C([2H])([2H])[2H])c2-[n+]2[c-]n(-c3[c-]c(Oc4[c-]c5c(cc4)c4ccccc4n5-c4cc(C([2H])([2H])[2H])c(-n5c6c(-c7ccccc7)cccc6c6cccc(-c7ccccc7)c65)cn4)ccc3)c3ccccc32)c([2H])c1[2H].[Pt]. The first-order chi connectivity index (χ1) is 41.0. The maximum Gasteiger partial charge on any atom is 0.268 e. The summed E-state index contributed by atoms with van der Waals surface area (Å²) in [6, 6.07) is 67.1. The first-order valence-corrected chi connectivity index (χ1v) is 24.1. The number of para-hydroxylation sites is 6. The van der Waals surface area contributed by atoms with E-state index < -0.39 is 43.9 Å². The number of pyridine rings is 1. The van der Waals surface area contributed by atoms with Gasteiger partial charge in [0, 0.05) is 68.2 Å². The topological polar surface area (TPSA) is 40.8 Å². The van der Waals surface area contributed by atoms with Gasteiger partial charge in [0.15, 0.2) is 0 Å². The third kappa shape index (κ3) is 7.68. The standard InChI is InChI=1S/C68H45N5O.Pt/c1-45-20-16-30-53(47-21-6-3-7-22-47)66(45)71-44-70(61-36-14-15-37-62(61)71)50-27-17-28-51(41-50)74-52-38-39-57-56-29-12-13-35-60(56)72(63(57)42-52)65-40-46(2)64(43-69-65)73-67-54(48-23-8-4-9-24-48)31-18-33-58(67)59-34-19-32-55(68(59)73)49-25-10-5-11-26-49;/h3-40,43H,1-2H3;/q-2;/i1D3,2D3,3D,6D,7D,21D,22D;. The Morgan fingerprint density at radius 1 is 0.520 bits per heavy atom. The Bertz CT molecular complexity index is 4910. The van der Waals surface area contributed by atoms with Gasteiger partial charge in [0.2, 0.25) is 0 Å². The number of hydrogen-bond donors (Lipinski definition) is 0. The summed E-state index contributed by atoms with van der Waals surface area (Å²) in [6.07, 6.45) is 5.00. The second-order valence-corrected chi connectivity index (χ2v) is 17.9. The smallest absolute Gasteiger partial charge is 0.268 e. The molecule has 0 N–H and O–H groups in total. The second kappa shape index (κ2) is 18.7. The molecule has 7 heteroatoms. The number of hydrogen-bond acceptors (Lipinski definition) is 2. The third-order valence-electron chi connectivity index (χ3n) is 13.7. The van der Waals surface area contributed by atoms with Gasteiger partial charge in [-0.1, -0.05) is 193 Å². The fourth-order valence-electron chi connectivity index (χ4n) is 10.5. The number of aromatic nitrogens is 5. The maximum atomic E-state index is 9.25. The van der Waals surface area contributed by atoms with Crippen LogP contribution in [0.3, 0.4) is 0 Å². The summed E-state index contributed by atoms with van der Waals surface area (Å²) in [7, 11) is 0. The largest absolute Gasteiger partial charge is 0.510 e. The predicted octanol–water partition coefficient (Wildman–Crippen LogP) is 16.3. The van der Waals surface area contributed by atoms with Crippen LogP contribution in [0.15, 0.2) is 237 Å². The first-order valence-electron chi connectivity index (χ1n) is 29.6. The summed E-state index contributed by atoms with van der Waals surface area (Å²) < 4.78 is 110. The van der Waals surface area contributed by atoms with Gasteiger partial charge in [0.05, 0.1) is 46.5 Å². The number of rotatable bonds is 9. The Morgan fingerprint density at radius 3 is 1.88 bits per heavy atom. The van der Waals surface area contributed by atoms with Gasteiger partial charge < -0.3 is 18.4 Å². The molecule has 4 heterocycles. The minimum absolute atomic E-state index is 0. The molecular weight excluding hydrogens is 1100 g/mol. The molecule has 0 saturated heterocycles. The summed E-state index contributed by atoms with van der Waals surface area (Å²) >= 11 is 0. The molecule has 0 aliphatic heterocycles. The van der Waals surface area contributed by atoms with Crippen molar-refractivity contribution in [2.75, 3.05) is 0 Å². The zero-order valence-electron chi connectivity index (χ0n) is 50.6. The van der Waals surface area contributed by atoms with Crippen molar-refractivity contribution >= 4 is 54.6 Å². The molecule has 0 aliphatic carbocycles. The quantitative estimate of drug-likeness (QED) is 0.107. The van der Waals surface area contributed by atoms with E-state index in [1.807, 2.05) is 95.6 Å². The van der Waals surface area contributed by atoms with Crippen molar-refractivity contribution in [2.45, 2.75) is 13.7 Å². The molecular formula is C68H45N5OPt-2. The van der Waals surface area contributed by atoms with Crippen LogP contribution in [0.2, 0.25) is 0 Å². The van der Waals surface area contributed by atoms with Crippen LogP contribution >= 0.6 is 0 Å². The first kappa shape index (κ1) is 35.1. The zero-order chi connectivity index (χ0) is 58.6. The molecule has 6 nitrogen and oxygen atoms in total. The number of fused-ring (bicyclic) bond motifs is 7. The van der Waals surface area contributed by atoms with Gasteiger partial charge in [-0.05, 0) is 70.3 Å². The van der Waals surface area contributed by atoms with Crippen LogP contribution < -0.4 is 9.30 Å². The fraction of sp³-hybridized carbons (Fsp3) is 0.0294. The van der Waals surface area contributed by atoms with Gasteiger partial charge in [0.1, 0.15) is 5.82 Å². The van der Waals surface area contributed by atoms with E-state index in [1.54, 1.807) is 63.9 Å². The number of ether oxygens (including phenoxy) is 1. The Hall–Kier alpha value is -9.09. The van der Waals surface area contributed by atoms with Gasteiger partial charge >= 0.3 is 0 Å². The summed E-state index contributed by atoms with van der Waals surface area (Å²) in [5.41, 5.74) is 8.82. The van der Waals surface area contributed by atoms with E-state index in [9.17, 15) is 4.11 Å². The Balaban J connectivity index is 0.00000686. The van der Waals surface area contributed by atoms with Crippen LogP contribution in [0, 0.1) is 32.2 Å². The number of nitrogens with zero attached hydrogens (tertiary/aromatic N) is 5. The third-order valence-corrected chi connectivity index (χ3v) is 13.7. The molecule has 75 heavy (non-hydrogen) atoms. The molecule has 0 spiro atoms. The monoisotopic (exact) mass is 1150 g/mol. The van der Waals surface area contributed by atoms with E-state index in [0.717, 1.165) is 60.3 Å². The molecule has 0 radical (unpaired) electrons. The zero-order valence-corrected chi connectivity index (χ0v) is 41.9. The Labute approximate surface area is 464 Å². The van der Waals surface area contributed by atoms with Crippen LogP contribution in [0.25, 0.3) is 111 Å². The molecule has 4 aromatic heterocycles. The molecule has 0 amide bonds. The Morgan fingerprint density at radius 2 is 1.15 bits per heavy atom. The van der Waals surface area contributed by atoms with Gasteiger partial charge in [-0.25, -0.2) is 4.98 Å². The number of imidazole rings is 1. The van der Waals surface area contributed by atoms with Crippen molar-refractivity contribution in [3.8, 4) is 67.8 Å². The molecule has 10 aromatic carbocycles. The van der Waals surface area contributed by atoms with E-state index in [2.05, 4.69) is 71.6 Å². The van der Waals surface area contributed by atoms with Crippen molar-refractivity contribution in [1.82, 2.24) is 18.7 Å². The molecule has 0 bridgehead atoms. The summed E-state index contributed by atoms with van der Waals surface area (Å²) in [4.78, 5) is 5.18. The van der Waals surface area contributed by atoms with Crippen molar-refractivity contribution in [2.24, 2.45) is 0 Å². The van der Waals surface area contributed by atoms with E-state index in [0.29, 0.717) is 45.2 Å². The summed E-state index contributed by atoms with van der Waals surface area (Å²) in [5, 5.41) is 3.64. The van der Waals surface area contributed by atoms with Gasteiger partial charge in [-0.3, -0.25) is 4.57 Å². The molecule has 0 atom stereocenters. The van der Waals surface area contributed by atoms with Crippen LogP contribution in [0.1, 0.15) is 26.2 Å². The fourth-order valence-corrected chi connectivity index (χ4v) is 10.5.